The second kappa shape index (κ2) is 7.58. The Bertz CT molecular complexity index is 846. The predicted octanol–water partition coefficient (Wildman–Crippen LogP) is 2.75. The van der Waals surface area contributed by atoms with Crippen molar-refractivity contribution in [1.82, 2.24) is 9.62 Å². The maximum absolute atomic E-state index is 13.3. The van der Waals surface area contributed by atoms with E-state index in [-0.39, 0.29) is 11.7 Å². The summed E-state index contributed by atoms with van der Waals surface area (Å²) in [5.41, 5.74) is 0.762. The molecule has 0 aliphatic carbocycles. The summed E-state index contributed by atoms with van der Waals surface area (Å²) in [5.74, 6) is -0.535. The van der Waals surface area contributed by atoms with Gasteiger partial charge in [-0.2, -0.15) is 0 Å². The molecule has 1 aromatic carbocycles. The maximum Gasteiger partial charge on any atom is 0.261 e. The second-order valence-electron chi connectivity index (χ2n) is 5.56. The van der Waals surface area contributed by atoms with Gasteiger partial charge >= 0.3 is 0 Å². The van der Waals surface area contributed by atoms with E-state index in [0.717, 1.165) is 15.6 Å². The molecule has 0 aliphatic heterocycles. The average molecular weight is 372 g/mol. The number of hydrogen-bond donors (Lipinski definition) is 1. The zero-order valence-electron chi connectivity index (χ0n) is 13.9. The summed E-state index contributed by atoms with van der Waals surface area (Å²) in [6.45, 7) is 4.74. The summed E-state index contributed by atoms with van der Waals surface area (Å²) in [6.07, 6.45) is 1.71. The minimum Gasteiger partial charge on any atom is -0.351 e. The molecule has 1 aromatic heterocycles. The molecular formula is C16H21FN2O3S2. The maximum atomic E-state index is 13.3. The Morgan fingerprint density at radius 2 is 2.08 bits per heavy atom. The van der Waals surface area contributed by atoms with Crippen molar-refractivity contribution in [3.8, 4) is 0 Å². The highest BCUT2D eigenvalue weighted by Crippen LogP contribution is 2.31. The highest BCUT2D eigenvalue weighted by Gasteiger charge is 2.17. The number of amides is 1. The topological polar surface area (TPSA) is 66.5 Å². The molecule has 1 heterocycles. The van der Waals surface area contributed by atoms with E-state index >= 15 is 0 Å². The van der Waals surface area contributed by atoms with Crippen LogP contribution in [0.3, 0.4) is 0 Å². The van der Waals surface area contributed by atoms with E-state index < -0.39 is 10.0 Å². The van der Waals surface area contributed by atoms with Crippen LogP contribution in [0.5, 0.6) is 0 Å². The molecule has 0 fully saturated rings. The van der Waals surface area contributed by atoms with Crippen LogP contribution in [0, 0.1) is 12.7 Å². The number of hydrogen-bond acceptors (Lipinski definition) is 4. The fourth-order valence-electron chi connectivity index (χ4n) is 2.51. The first-order chi connectivity index (χ1) is 11.2. The van der Waals surface area contributed by atoms with Crippen molar-refractivity contribution in [2.75, 3.05) is 25.9 Å². The van der Waals surface area contributed by atoms with Crippen LogP contribution in [-0.4, -0.2) is 44.5 Å². The van der Waals surface area contributed by atoms with Crippen LogP contribution in [0.15, 0.2) is 18.2 Å². The zero-order valence-corrected chi connectivity index (χ0v) is 15.6. The number of rotatable bonds is 7. The lowest BCUT2D eigenvalue weighted by atomic mass is 10.1. The van der Waals surface area contributed by atoms with Gasteiger partial charge in [-0.1, -0.05) is 6.92 Å². The summed E-state index contributed by atoms with van der Waals surface area (Å²) >= 11 is 1.33. The minimum atomic E-state index is -3.21. The lowest BCUT2D eigenvalue weighted by Gasteiger charge is -2.17. The largest absolute Gasteiger partial charge is 0.351 e. The molecule has 132 valence electrons. The Morgan fingerprint density at radius 3 is 2.71 bits per heavy atom. The Balaban J connectivity index is 1.97. The molecule has 5 nitrogen and oxygen atoms in total. The molecule has 2 aromatic rings. The number of carbonyl (C=O) groups is 1. The van der Waals surface area contributed by atoms with Crippen LogP contribution in [0.4, 0.5) is 4.39 Å². The molecule has 0 atom stereocenters. The van der Waals surface area contributed by atoms with Gasteiger partial charge in [-0.15, -0.1) is 11.3 Å². The van der Waals surface area contributed by atoms with Crippen LogP contribution < -0.4 is 5.32 Å². The summed E-state index contributed by atoms with van der Waals surface area (Å²) in [7, 11) is -3.21. The highest BCUT2D eigenvalue weighted by atomic mass is 32.2. The van der Waals surface area contributed by atoms with Gasteiger partial charge in [0.15, 0.2) is 0 Å². The van der Waals surface area contributed by atoms with Crippen LogP contribution in [0.1, 0.15) is 28.6 Å². The Morgan fingerprint density at radius 1 is 1.38 bits per heavy atom. The fraction of sp³-hybridized carbons (Fsp3) is 0.438. The lowest BCUT2D eigenvalue weighted by Crippen LogP contribution is -2.33. The molecule has 0 radical (unpaired) electrons. The van der Waals surface area contributed by atoms with Gasteiger partial charge < -0.3 is 5.32 Å². The van der Waals surface area contributed by atoms with Crippen molar-refractivity contribution < 1.29 is 17.6 Å². The zero-order chi connectivity index (χ0) is 17.9. The van der Waals surface area contributed by atoms with Gasteiger partial charge in [-0.3, -0.25) is 4.79 Å². The van der Waals surface area contributed by atoms with Crippen LogP contribution in [0.2, 0.25) is 0 Å². The molecule has 0 saturated heterocycles. The van der Waals surface area contributed by atoms with Crippen LogP contribution in [-0.2, 0) is 10.0 Å². The van der Waals surface area contributed by atoms with Crippen molar-refractivity contribution in [3.05, 3.63) is 34.5 Å². The van der Waals surface area contributed by atoms with Crippen LogP contribution in [0.25, 0.3) is 10.1 Å². The third kappa shape index (κ3) is 4.31. The third-order valence-corrected chi connectivity index (χ3v) is 6.45. The first-order valence-electron chi connectivity index (χ1n) is 7.66. The number of aryl methyl sites for hydroxylation is 1. The molecule has 1 N–H and O–H groups in total. The average Bonchev–Trinajstić information content (AvgIpc) is 2.82. The van der Waals surface area contributed by atoms with Gasteiger partial charge in [0.05, 0.1) is 11.1 Å². The van der Waals surface area contributed by atoms with E-state index in [1.54, 1.807) is 19.9 Å². The van der Waals surface area contributed by atoms with Gasteiger partial charge in [-0.25, -0.2) is 17.1 Å². The smallest absolute Gasteiger partial charge is 0.261 e. The normalized spacial score (nSPS) is 12.0. The van der Waals surface area contributed by atoms with Gasteiger partial charge in [0.1, 0.15) is 5.82 Å². The van der Waals surface area contributed by atoms with Crippen molar-refractivity contribution in [3.63, 3.8) is 0 Å². The minimum absolute atomic E-state index is 0.212. The standard InChI is InChI=1S/C16H21FN2O3S2/c1-4-19(24(3,21)22)9-5-8-18-16(20)15-11(2)13-10-12(17)6-7-14(13)23-15/h6-7,10H,4-5,8-9H2,1-3H3,(H,18,20). The highest BCUT2D eigenvalue weighted by molar-refractivity contribution is 7.88. The molecular weight excluding hydrogens is 351 g/mol. The molecule has 8 heteroatoms. The number of carbonyl (C=O) groups excluding carboxylic acids is 1. The molecule has 0 unspecified atom stereocenters. The Hall–Kier alpha value is -1.51. The van der Waals surface area contributed by atoms with E-state index in [2.05, 4.69) is 5.32 Å². The van der Waals surface area contributed by atoms with E-state index in [1.165, 1.54) is 34.0 Å². The number of benzene rings is 1. The van der Waals surface area contributed by atoms with E-state index in [1.807, 2.05) is 0 Å². The van der Waals surface area contributed by atoms with E-state index in [4.69, 9.17) is 0 Å². The fourth-order valence-corrected chi connectivity index (χ4v) is 4.54. The van der Waals surface area contributed by atoms with E-state index in [9.17, 15) is 17.6 Å². The SMILES string of the molecule is CCN(CCCNC(=O)c1sc2ccc(F)cc2c1C)S(C)(=O)=O. The van der Waals surface area contributed by atoms with Gasteiger partial charge in [0.2, 0.25) is 10.0 Å². The number of nitrogens with one attached hydrogen (secondary N) is 1. The Kier molecular flexibility index (Phi) is 5.95. The lowest BCUT2D eigenvalue weighted by molar-refractivity contribution is 0.0956. The molecule has 0 aliphatic rings. The molecule has 0 spiro atoms. The third-order valence-electron chi connectivity index (χ3n) is 3.80. The van der Waals surface area contributed by atoms with Crippen LogP contribution >= 0.6 is 11.3 Å². The molecule has 0 saturated carbocycles. The van der Waals surface area contributed by atoms with Gasteiger partial charge in [0, 0.05) is 24.3 Å². The number of fused-ring (bicyclic) bond motifs is 1. The summed E-state index contributed by atoms with van der Waals surface area (Å²) < 4.78 is 38.6. The summed E-state index contributed by atoms with van der Waals surface area (Å²) in [6, 6.07) is 4.48. The first-order valence-corrected chi connectivity index (χ1v) is 10.3. The van der Waals surface area contributed by atoms with E-state index in [0.29, 0.717) is 30.9 Å². The van der Waals surface area contributed by atoms with Crippen molar-refractivity contribution >= 4 is 37.4 Å². The quantitative estimate of drug-likeness (QED) is 0.760. The molecule has 1 amide bonds. The predicted molar refractivity (Wildman–Crippen MR) is 95.6 cm³/mol. The number of nitrogens with zero attached hydrogens (tertiary/aromatic N) is 1. The first kappa shape index (κ1) is 18.8. The summed E-state index contributed by atoms with van der Waals surface area (Å²) in [5, 5.41) is 3.55. The summed E-state index contributed by atoms with van der Waals surface area (Å²) in [4.78, 5) is 12.9. The number of sulfonamides is 1. The van der Waals surface area contributed by atoms with Crippen molar-refractivity contribution in [2.24, 2.45) is 0 Å². The molecule has 24 heavy (non-hydrogen) atoms. The van der Waals surface area contributed by atoms with Gasteiger partial charge in [0.25, 0.3) is 5.91 Å². The van der Waals surface area contributed by atoms with Gasteiger partial charge in [-0.05, 0) is 42.5 Å². The van der Waals surface area contributed by atoms with Crippen molar-refractivity contribution in [1.29, 1.82) is 0 Å². The molecule has 0 bridgehead atoms. The monoisotopic (exact) mass is 372 g/mol. The number of thiophene rings is 1. The van der Waals surface area contributed by atoms with Crippen molar-refractivity contribution in [2.45, 2.75) is 20.3 Å². The second-order valence-corrected chi connectivity index (χ2v) is 8.60. The number of halogens is 1. The molecule has 2 rings (SSSR count). The Labute approximate surface area is 145 Å².